The van der Waals surface area contributed by atoms with E-state index in [9.17, 15) is 4.79 Å². The Morgan fingerprint density at radius 1 is 1.25 bits per heavy atom. The lowest BCUT2D eigenvalue weighted by molar-refractivity contribution is -0.120. The Kier molecular flexibility index (Phi) is 3.53. The number of amides is 1. The van der Waals surface area contributed by atoms with Crippen LogP contribution in [0.4, 0.5) is 11.6 Å². The minimum absolute atomic E-state index is 0.151. The molecule has 0 bridgehead atoms. The average Bonchev–Trinajstić information content (AvgIpc) is 2.71. The van der Waals surface area contributed by atoms with Gasteiger partial charge in [0, 0.05) is 11.3 Å². The zero-order valence-corrected chi connectivity index (χ0v) is 12.2. The number of aryl methyl sites for hydroxylation is 1. The van der Waals surface area contributed by atoms with Crippen LogP contribution in [-0.4, -0.2) is 11.1 Å². The van der Waals surface area contributed by atoms with Crippen molar-refractivity contribution in [1.82, 2.24) is 5.16 Å². The van der Waals surface area contributed by atoms with Crippen molar-refractivity contribution in [2.24, 2.45) is 0 Å². The van der Waals surface area contributed by atoms with E-state index in [1.165, 1.54) is 0 Å². The van der Waals surface area contributed by atoms with Crippen molar-refractivity contribution in [3.63, 3.8) is 0 Å². The summed E-state index contributed by atoms with van der Waals surface area (Å²) in [6.45, 7) is 7.40. The number of benzene rings is 1. The minimum Gasteiger partial charge on any atom is -0.399 e. The molecule has 0 aliphatic rings. The monoisotopic (exact) mass is 273 g/mol. The van der Waals surface area contributed by atoms with Gasteiger partial charge in [0.1, 0.15) is 0 Å². The highest BCUT2D eigenvalue weighted by atomic mass is 16.5. The van der Waals surface area contributed by atoms with Crippen LogP contribution in [0.2, 0.25) is 0 Å². The lowest BCUT2D eigenvalue weighted by atomic mass is 9.83. The van der Waals surface area contributed by atoms with E-state index in [0.717, 1.165) is 16.8 Å². The summed E-state index contributed by atoms with van der Waals surface area (Å²) in [6.07, 6.45) is 0. The number of aromatic nitrogens is 1. The van der Waals surface area contributed by atoms with Crippen LogP contribution >= 0.6 is 0 Å². The summed E-state index contributed by atoms with van der Waals surface area (Å²) in [6, 6.07) is 7.28. The van der Waals surface area contributed by atoms with Crippen LogP contribution in [0.15, 0.2) is 28.8 Å². The molecular weight excluding hydrogens is 254 g/mol. The summed E-state index contributed by atoms with van der Waals surface area (Å²) in [5, 5.41) is 6.61. The number of hydrogen-bond donors (Lipinski definition) is 2. The number of nitrogen functional groups attached to an aromatic ring is 1. The smallest absolute Gasteiger partial charge is 0.236 e. The first-order valence-corrected chi connectivity index (χ1v) is 6.42. The lowest BCUT2D eigenvalue weighted by Gasteiger charge is -2.23. The molecule has 2 rings (SSSR count). The largest absolute Gasteiger partial charge is 0.399 e. The van der Waals surface area contributed by atoms with E-state index in [-0.39, 0.29) is 5.91 Å². The second kappa shape index (κ2) is 5.00. The van der Waals surface area contributed by atoms with Crippen LogP contribution in [0.1, 0.15) is 30.7 Å². The number of rotatable bonds is 3. The Morgan fingerprint density at radius 3 is 2.35 bits per heavy atom. The molecule has 0 aliphatic heterocycles. The molecule has 1 amide bonds. The van der Waals surface area contributed by atoms with Gasteiger partial charge in [-0.05, 0) is 45.4 Å². The zero-order valence-electron chi connectivity index (χ0n) is 12.2. The first-order chi connectivity index (χ1) is 9.32. The third-order valence-electron chi connectivity index (χ3n) is 3.58. The Labute approximate surface area is 118 Å². The number of carbonyl (C=O) groups is 1. The SMILES string of the molecule is Cc1noc(NC(=O)C(C)(C)c2ccc(N)cc2)c1C. The van der Waals surface area contributed by atoms with E-state index in [1.807, 2.05) is 39.8 Å². The fourth-order valence-corrected chi connectivity index (χ4v) is 1.82. The zero-order chi connectivity index (χ0) is 14.9. The molecular formula is C15H19N3O2. The molecule has 0 saturated heterocycles. The van der Waals surface area contributed by atoms with Gasteiger partial charge in [0.25, 0.3) is 0 Å². The van der Waals surface area contributed by atoms with Gasteiger partial charge in [-0.2, -0.15) is 0 Å². The molecule has 3 N–H and O–H groups in total. The molecule has 0 spiro atoms. The van der Waals surface area contributed by atoms with E-state index in [4.69, 9.17) is 10.3 Å². The molecule has 1 heterocycles. The molecule has 0 fully saturated rings. The van der Waals surface area contributed by atoms with Crippen LogP contribution in [0, 0.1) is 13.8 Å². The Balaban J connectivity index is 2.23. The van der Waals surface area contributed by atoms with Crippen molar-refractivity contribution in [3.8, 4) is 0 Å². The quantitative estimate of drug-likeness (QED) is 0.842. The standard InChI is InChI=1S/C15H19N3O2/c1-9-10(2)18-20-13(9)17-14(19)15(3,4)11-5-7-12(16)8-6-11/h5-8H,16H2,1-4H3,(H,17,19). The summed E-state index contributed by atoms with van der Waals surface area (Å²) < 4.78 is 5.11. The molecule has 0 unspecified atom stereocenters. The molecule has 0 saturated carbocycles. The van der Waals surface area contributed by atoms with E-state index in [1.54, 1.807) is 12.1 Å². The topological polar surface area (TPSA) is 81.2 Å². The van der Waals surface area contributed by atoms with Crippen molar-refractivity contribution in [2.75, 3.05) is 11.1 Å². The van der Waals surface area contributed by atoms with Crippen molar-refractivity contribution in [1.29, 1.82) is 0 Å². The van der Waals surface area contributed by atoms with Crippen molar-refractivity contribution >= 4 is 17.5 Å². The lowest BCUT2D eigenvalue weighted by Crippen LogP contribution is -2.34. The van der Waals surface area contributed by atoms with E-state index >= 15 is 0 Å². The first-order valence-electron chi connectivity index (χ1n) is 6.42. The summed E-state index contributed by atoms with van der Waals surface area (Å²) in [5.41, 5.74) is 8.14. The Bertz CT molecular complexity index is 627. The maximum absolute atomic E-state index is 12.5. The molecule has 1 aromatic carbocycles. The van der Waals surface area contributed by atoms with Gasteiger partial charge >= 0.3 is 0 Å². The van der Waals surface area contributed by atoms with Gasteiger partial charge in [-0.1, -0.05) is 17.3 Å². The van der Waals surface area contributed by atoms with Gasteiger partial charge in [0.15, 0.2) is 0 Å². The fraction of sp³-hybridized carbons (Fsp3) is 0.333. The second-order valence-electron chi connectivity index (χ2n) is 5.42. The van der Waals surface area contributed by atoms with Crippen LogP contribution in [0.25, 0.3) is 0 Å². The highest BCUT2D eigenvalue weighted by Gasteiger charge is 2.31. The number of hydrogen-bond acceptors (Lipinski definition) is 4. The maximum atomic E-state index is 12.5. The first kappa shape index (κ1) is 14.1. The fourth-order valence-electron chi connectivity index (χ4n) is 1.82. The van der Waals surface area contributed by atoms with E-state index in [0.29, 0.717) is 11.6 Å². The summed E-state index contributed by atoms with van der Waals surface area (Å²) >= 11 is 0. The number of nitrogens with one attached hydrogen (secondary N) is 1. The predicted molar refractivity (Wildman–Crippen MR) is 78.5 cm³/mol. The molecule has 20 heavy (non-hydrogen) atoms. The van der Waals surface area contributed by atoms with E-state index in [2.05, 4.69) is 10.5 Å². The molecule has 2 aromatic rings. The van der Waals surface area contributed by atoms with Gasteiger partial charge in [0.2, 0.25) is 11.8 Å². The summed E-state index contributed by atoms with van der Waals surface area (Å²) in [4.78, 5) is 12.5. The van der Waals surface area contributed by atoms with Gasteiger partial charge in [-0.3, -0.25) is 10.1 Å². The molecule has 5 heteroatoms. The normalized spacial score (nSPS) is 11.4. The highest BCUT2D eigenvalue weighted by molar-refractivity contribution is 5.98. The van der Waals surface area contributed by atoms with Crippen molar-refractivity contribution in [2.45, 2.75) is 33.1 Å². The number of anilines is 2. The molecule has 0 atom stereocenters. The number of nitrogens with zero attached hydrogens (tertiary/aromatic N) is 1. The van der Waals surface area contributed by atoms with Gasteiger partial charge < -0.3 is 10.3 Å². The second-order valence-corrected chi connectivity index (χ2v) is 5.42. The van der Waals surface area contributed by atoms with Crippen LogP contribution in [0.5, 0.6) is 0 Å². The number of nitrogens with two attached hydrogens (primary N) is 1. The van der Waals surface area contributed by atoms with E-state index < -0.39 is 5.41 Å². The maximum Gasteiger partial charge on any atom is 0.236 e. The molecule has 0 radical (unpaired) electrons. The minimum atomic E-state index is -0.694. The Hall–Kier alpha value is -2.30. The van der Waals surface area contributed by atoms with Gasteiger partial charge in [-0.15, -0.1) is 0 Å². The predicted octanol–water partition coefficient (Wildman–Crippen LogP) is 2.79. The molecule has 5 nitrogen and oxygen atoms in total. The summed E-state index contributed by atoms with van der Waals surface area (Å²) in [5.74, 6) is 0.248. The van der Waals surface area contributed by atoms with Crippen molar-refractivity contribution in [3.05, 3.63) is 41.1 Å². The van der Waals surface area contributed by atoms with Crippen LogP contribution < -0.4 is 11.1 Å². The van der Waals surface area contributed by atoms with Crippen LogP contribution in [0.3, 0.4) is 0 Å². The third-order valence-corrected chi connectivity index (χ3v) is 3.58. The summed E-state index contributed by atoms with van der Waals surface area (Å²) in [7, 11) is 0. The number of carbonyl (C=O) groups excluding carboxylic acids is 1. The molecule has 0 aliphatic carbocycles. The van der Waals surface area contributed by atoms with Crippen molar-refractivity contribution < 1.29 is 9.32 Å². The molecule has 106 valence electrons. The third kappa shape index (κ3) is 2.52. The Morgan fingerprint density at radius 2 is 1.85 bits per heavy atom. The van der Waals surface area contributed by atoms with Gasteiger partial charge in [-0.25, -0.2) is 0 Å². The highest BCUT2D eigenvalue weighted by Crippen LogP contribution is 2.27. The van der Waals surface area contributed by atoms with Crippen LogP contribution in [-0.2, 0) is 10.2 Å². The average molecular weight is 273 g/mol. The molecule has 1 aromatic heterocycles. The van der Waals surface area contributed by atoms with Gasteiger partial charge in [0.05, 0.1) is 11.1 Å².